The molecule has 0 aromatic heterocycles. The number of ether oxygens (including phenoxy) is 3. The van der Waals surface area contributed by atoms with E-state index in [9.17, 15) is 24.3 Å². The summed E-state index contributed by atoms with van der Waals surface area (Å²) < 4.78 is 17.8. The first kappa shape index (κ1) is 37.3. The molecule has 3 N–H and O–H groups in total. The molecular formula is C42H47N3O8Si. The molecule has 3 amide bonds. The Kier molecular flexibility index (Phi) is 10.1. The van der Waals surface area contributed by atoms with E-state index >= 15 is 0 Å². The SMILES string of the molecule is COc1ccc(C(=O)Nc2ccc(CN3C(=O)[C@]4(O[C@H](CC(=O)N5Cc6ccccc6C[C@H]5CO)[C@@H]([Si](C)(C)O)[C@@H]4C)c4cc(OC)ccc43)cc2)cc1. The summed E-state index contributed by atoms with van der Waals surface area (Å²) in [5, 5.41) is 13.2. The molecule has 3 heterocycles. The molecule has 1 fully saturated rings. The number of aliphatic hydroxyl groups is 1. The number of nitrogens with one attached hydrogen (secondary N) is 1. The molecule has 54 heavy (non-hydrogen) atoms. The number of nitrogens with zero attached hydrogens (tertiary/aromatic N) is 2. The lowest BCUT2D eigenvalue weighted by Crippen LogP contribution is -2.48. The third-order valence-electron chi connectivity index (χ3n) is 11.4. The Morgan fingerprint density at radius 3 is 2.26 bits per heavy atom. The number of fused-ring (bicyclic) bond motifs is 3. The third-order valence-corrected chi connectivity index (χ3v) is 13.9. The molecule has 3 aliphatic rings. The average molecular weight is 750 g/mol. The van der Waals surface area contributed by atoms with Crippen LogP contribution in [0.25, 0.3) is 0 Å². The Morgan fingerprint density at radius 2 is 1.61 bits per heavy atom. The number of anilines is 2. The molecule has 3 aliphatic heterocycles. The highest BCUT2D eigenvalue weighted by Gasteiger charge is 2.66. The van der Waals surface area contributed by atoms with Gasteiger partial charge in [-0.15, -0.1) is 0 Å². The number of benzene rings is 4. The smallest absolute Gasteiger partial charge is 0.264 e. The number of amides is 3. The normalized spacial score (nSPS) is 23.3. The van der Waals surface area contributed by atoms with Gasteiger partial charge in [-0.2, -0.15) is 0 Å². The molecule has 11 nitrogen and oxygen atoms in total. The maximum atomic E-state index is 15.0. The van der Waals surface area contributed by atoms with Crippen molar-refractivity contribution in [3.05, 3.63) is 119 Å². The predicted octanol–water partition coefficient (Wildman–Crippen LogP) is 5.64. The standard InChI is InChI=1S/C42H47N3O8Si/c1-26-39(54(4,5)50)37(22-38(47)44-24-30-9-7-6-8-29(30)20-32(44)25-46)53-42(26)35-21-34(52-3)18-19-36(35)45(41(42)49)23-27-10-14-31(15-11-27)43-40(48)28-12-16-33(51-2)17-13-28/h6-19,21,26,32,37,39,46,50H,20,22-25H2,1-5H3,(H,43,48)/t26-,32-,37+,39-,42+/m0/s1. The van der Waals surface area contributed by atoms with E-state index in [0.29, 0.717) is 47.0 Å². The summed E-state index contributed by atoms with van der Waals surface area (Å²) in [5.41, 5.74) is 3.46. The van der Waals surface area contributed by atoms with Crippen LogP contribution in [0.15, 0.2) is 91.0 Å². The first-order valence-electron chi connectivity index (χ1n) is 18.3. The Balaban J connectivity index is 1.16. The lowest BCUT2D eigenvalue weighted by atomic mass is 9.82. The minimum Gasteiger partial charge on any atom is -0.497 e. The van der Waals surface area contributed by atoms with Gasteiger partial charge in [-0.25, -0.2) is 0 Å². The molecule has 0 unspecified atom stereocenters. The average Bonchev–Trinajstić information content (AvgIpc) is 3.60. The molecule has 7 rings (SSSR count). The Labute approximate surface area is 316 Å². The molecule has 282 valence electrons. The summed E-state index contributed by atoms with van der Waals surface area (Å²) in [6, 6.07) is 27.2. The molecule has 12 heteroatoms. The van der Waals surface area contributed by atoms with Gasteiger partial charge in [-0.05, 0) is 90.8 Å². The Bertz CT molecular complexity index is 2050. The van der Waals surface area contributed by atoms with Crippen LogP contribution in [-0.4, -0.2) is 73.8 Å². The van der Waals surface area contributed by atoms with E-state index in [4.69, 9.17) is 14.2 Å². The summed E-state index contributed by atoms with van der Waals surface area (Å²) in [7, 11) is 0.0898. The van der Waals surface area contributed by atoms with Gasteiger partial charge in [0.2, 0.25) is 5.91 Å². The van der Waals surface area contributed by atoms with Crippen LogP contribution in [0.2, 0.25) is 18.6 Å². The molecule has 4 aromatic rings. The van der Waals surface area contributed by atoms with Crippen molar-refractivity contribution >= 4 is 37.4 Å². The van der Waals surface area contributed by atoms with Gasteiger partial charge < -0.3 is 39.2 Å². The summed E-state index contributed by atoms with van der Waals surface area (Å²) in [4.78, 5) is 57.2. The van der Waals surface area contributed by atoms with Crippen LogP contribution in [0.4, 0.5) is 11.4 Å². The molecule has 0 saturated carbocycles. The summed E-state index contributed by atoms with van der Waals surface area (Å²) >= 11 is 0. The highest BCUT2D eigenvalue weighted by atomic mass is 28.4. The molecule has 1 spiro atoms. The van der Waals surface area contributed by atoms with Crippen molar-refractivity contribution in [2.45, 2.75) is 69.2 Å². The monoisotopic (exact) mass is 749 g/mol. The summed E-state index contributed by atoms with van der Waals surface area (Å²) in [5.74, 6) is 0.0314. The number of aliphatic hydroxyl groups excluding tert-OH is 1. The van der Waals surface area contributed by atoms with Crippen molar-refractivity contribution in [1.82, 2.24) is 4.90 Å². The van der Waals surface area contributed by atoms with Crippen molar-refractivity contribution < 1.29 is 38.5 Å². The topological polar surface area (TPSA) is 138 Å². The fourth-order valence-corrected chi connectivity index (χ4v) is 11.2. The van der Waals surface area contributed by atoms with E-state index in [1.807, 2.05) is 74.6 Å². The number of hydrogen-bond donors (Lipinski definition) is 3. The molecule has 5 atom stereocenters. The minimum absolute atomic E-state index is 0.0390. The zero-order valence-corrected chi connectivity index (χ0v) is 32.2. The zero-order valence-electron chi connectivity index (χ0n) is 31.2. The van der Waals surface area contributed by atoms with Crippen LogP contribution >= 0.6 is 0 Å². The van der Waals surface area contributed by atoms with Gasteiger partial charge in [0.05, 0.1) is 51.6 Å². The largest absolute Gasteiger partial charge is 0.497 e. The highest BCUT2D eigenvalue weighted by molar-refractivity contribution is 6.71. The van der Waals surface area contributed by atoms with Gasteiger partial charge in [-0.1, -0.05) is 43.3 Å². The fraction of sp³-hybridized carbons (Fsp3) is 0.357. The second-order valence-corrected chi connectivity index (χ2v) is 19.0. The molecule has 0 bridgehead atoms. The maximum absolute atomic E-state index is 15.0. The van der Waals surface area contributed by atoms with E-state index in [0.717, 1.165) is 16.7 Å². The fourth-order valence-electron chi connectivity index (χ4n) is 8.69. The molecule has 0 aliphatic carbocycles. The number of carbonyl (C=O) groups is 3. The lowest BCUT2D eigenvalue weighted by molar-refractivity contribution is -0.151. The van der Waals surface area contributed by atoms with Crippen LogP contribution in [-0.2, 0) is 39.4 Å². The van der Waals surface area contributed by atoms with Crippen molar-refractivity contribution in [2.24, 2.45) is 5.92 Å². The molecular weight excluding hydrogens is 703 g/mol. The van der Waals surface area contributed by atoms with E-state index in [1.165, 1.54) is 0 Å². The van der Waals surface area contributed by atoms with Gasteiger partial charge in [0.1, 0.15) is 11.5 Å². The van der Waals surface area contributed by atoms with Gasteiger partial charge in [0.15, 0.2) is 13.9 Å². The van der Waals surface area contributed by atoms with E-state index in [-0.39, 0.29) is 43.3 Å². The first-order chi connectivity index (χ1) is 25.9. The molecule has 4 aromatic carbocycles. The third kappa shape index (κ3) is 6.68. The highest BCUT2D eigenvalue weighted by Crippen LogP contribution is 2.60. The number of methoxy groups -OCH3 is 2. The number of rotatable bonds is 10. The van der Waals surface area contributed by atoms with Crippen molar-refractivity contribution in [3.8, 4) is 11.5 Å². The minimum atomic E-state index is -3.05. The van der Waals surface area contributed by atoms with E-state index in [2.05, 4.69) is 5.32 Å². The van der Waals surface area contributed by atoms with E-state index < -0.39 is 31.5 Å². The van der Waals surface area contributed by atoms with Gasteiger partial charge in [0.25, 0.3) is 11.8 Å². The Morgan fingerprint density at radius 1 is 0.944 bits per heavy atom. The number of hydrogen-bond acceptors (Lipinski definition) is 8. The van der Waals surface area contributed by atoms with Gasteiger partial charge >= 0.3 is 0 Å². The lowest BCUT2D eigenvalue weighted by Gasteiger charge is -2.37. The van der Waals surface area contributed by atoms with Crippen LogP contribution in [0, 0.1) is 5.92 Å². The van der Waals surface area contributed by atoms with Crippen molar-refractivity contribution in [1.29, 1.82) is 0 Å². The van der Waals surface area contributed by atoms with E-state index in [1.54, 1.807) is 60.4 Å². The predicted molar refractivity (Wildman–Crippen MR) is 207 cm³/mol. The van der Waals surface area contributed by atoms with Crippen molar-refractivity contribution in [3.63, 3.8) is 0 Å². The second kappa shape index (κ2) is 14.7. The van der Waals surface area contributed by atoms with Crippen LogP contribution < -0.4 is 19.7 Å². The molecule has 1 saturated heterocycles. The van der Waals surface area contributed by atoms with Crippen LogP contribution in [0.5, 0.6) is 11.5 Å². The van der Waals surface area contributed by atoms with Gasteiger partial charge in [0, 0.05) is 34.8 Å². The quantitative estimate of drug-likeness (QED) is 0.177. The second-order valence-electron chi connectivity index (χ2n) is 15.0. The van der Waals surface area contributed by atoms with Crippen LogP contribution in [0.1, 0.15) is 46.0 Å². The number of carbonyl (C=O) groups excluding carboxylic acids is 3. The maximum Gasteiger partial charge on any atom is 0.264 e. The first-order valence-corrected chi connectivity index (χ1v) is 21.3. The van der Waals surface area contributed by atoms with Gasteiger partial charge in [-0.3, -0.25) is 14.4 Å². The molecule has 0 radical (unpaired) electrons. The van der Waals surface area contributed by atoms with Crippen molar-refractivity contribution in [2.75, 3.05) is 31.0 Å². The van der Waals surface area contributed by atoms with Crippen LogP contribution in [0.3, 0.4) is 0 Å². The summed E-state index contributed by atoms with van der Waals surface area (Å²) in [6.07, 6.45) is -0.236. The summed E-state index contributed by atoms with van der Waals surface area (Å²) in [6.45, 7) is 6.03. The zero-order chi connectivity index (χ0) is 38.4. The Hall–Kier alpha value is -5.01.